The lowest BCUT2D eigenvalue weighted by molar-refractivity contribution is 0.0934. The lowest BCUT2D eigenvalue weighted by Crippen LogP contribution is -2.37. The highest BCUT2D eigenvalue weighted by atomic mass is 32.2. The topological polar surface area (TPSA) is 75.3 Å². The summed E-state index contributed by atoms with van der Waals surface area (Å²) in [5.41, 5.74) is 0.482. The Morgan fingerprint density at radius 1 is 1.12 bits per heavy atom. The van der Waals surface area contributed by atoms with Crippen molar-refractivity contribution >= 4 is 39.0 Å². The van der Waals surface area contributed by atoms with Crippen molar-refractivity contribution in [2.45, 2.75) is 30.3 Å². The molecule has 1 saturated heterocycles. The Morgan fingerprint density at radius 2 is 1.84 bits per heavy atom. The van der Waals surface area contributed by atoms with Crippen LogP contribution in [0.5, 0.6) is 0 Å². The number of amides is 1. The van der Waals surface area contributed by atoms with Gasteiger partial charge in [-0.1, -0.05) is 6.07 Å². The summed E-state index contributed by atoms with van der Waals surface area (Å²) in [7, 11) is -3.58. The zero-order chi connectivity index (χ0) is 17.7. The van der Waals surface area contributed by atoms with Crippen molar-refractivity contribution in [3.63, 3.8) is 0 Å². The van der Waals surface area contributed by atoms with Gasteiger partial charge in [0.2, 0.25) is 10.0 Å². The molecule has 0 aliphatic carbocycles. The molecule has 0 atom stereocenters. The lowest BCUT2D eigenvalue weighted by Gasteiger charge is -2.22. The van der Waals surface area contributed by atoms with Crippen LogP contribution in [-0.2, 0) is 16.6 Å². The van der Waals surface area contributed by atoms with E-state index in [1.165, 1.54) is 23.5 Å². The maximum absolute atomic E-state index is 12.3. The van der Waals surface area contributed by atoms with E-state index in [0.717, 1.165) is 29.2 Å². The number of thiophene rings is 1. The molecular formula is C17H20N2O3S3. The van der Waals surface area contributed by atoms with Gasteiger partial charge in [0.1, 0.15) is 0 Å². The number of carbonyl (C=O) groups is 1. The minimum atomic E-state index is -3.58. The maximum Gasteiger partial charge on any atom is 0.251 e. The average Bonchev–Trinajstić information content (AvgIpc) is 3.15. The summed E-state index contributed by atoms with van der Waals surface area (Å²) >= 11 is 3.41. The SMILES string of the molecule is O=C(NC1CCSCC1)c1ccc(S(=O)(=O)NCc2cccs2)cc1. The first kappa shape index (κ1) is 18.4. The van der Waals surface area contributed by atoms with Crippen LogP contribution in [0.3, 0.4) is 0 Å². The van der Waals surface area contributed by atoms with Crippen molar-refractivity contribution < 1.29 is 13.2 Å². The van der Waals surface area contributed by atoms with Crippen molar-refractivity contribution in [3.05, 3.63) is 52.2 Å². The number of nitrogens with one attached hydrogen (secondary N) is 2. The van der Waals surface area contributed by atoms with Gasteiger partial charge in [-0.05, 0) is 60.1 Å². The van der Waals surface area contributed by atoms with Crippen LogP contribution < -0.4 is 10.0 Å². The van der Waals surface area contributed by atoms with E-state index in [2.05, 4.69) is 10.0 Å². The van der Waals surface area contributed by atoms with Crippen molar-refractivity contribution in [2.24, 2.45) is 0 Å². The van der Waals surface area contributed by atoms with Crippen molar-refractivity contribution in [1.82, 2.24) is 10.0 Å². The highest BCUT2D eigenvalue weighted by Crippen LogP contribution is 2.18. The van der Waals surface area contributed by atoms with Crippen molar-refractivity contribution in [1.29, 1.82) is 0 Å². The minimum absolute atomic E-state index is 0.146. The molecule has 0 radical (unpaired) electrons. The first-order valence-corrected chi connectivity index (χ1v) is 11.6. The quantitative estimate of drug-likeness (QED) is 0.787. The van der Waals surface area contributed by atoms with Gasteiger partial charge in [0.15, 0.2) is 0 Å². The molecule has 1 aromatic carbocycles. The van der Waals surface area contributed by atoms with Gasteiger partial charge < -0.3 is 5.32 Å². The van der Waals surface area contributed by atoms with Gasteiger partial charge in [0.05, 0.1) is 4.90 Å². The Balaban J connectivity index is 1.61. The Morgan fingerprint density at radius 3 is 2.48 bits per heavy atom. The monoisotopic (exact) mass is 396 g/mol. The summed E-state index contributed by atoms with van der Waals surface area (Å²) in [4.78, 5) is 13.4. The normalized spacial score (nSPS) is 15.8. The van der Waals surface area contributed by atoms with E-state index in [-0.39, 0.29) is 23.4 Å². The molecule has 1 amide bonds. The Kier molecular flexibility index (Phi) is 6.16. The predicted molar refractivity (Wildman–Crippen MR) is 103 cm³/mol. The van der Waals surface area contributed by atoms with Gasteiger partial charge in [0.25, 0.3) is 5.91 Å². The number of thioether (sulfide) groups is 1. The van der Waals surface area contributed by atoms with Gasteiger partial charge in [-0.25, -0.2) is 13.1 Å². The molecule has 2 N–H and O–H groups in total. The first-order chi connectivity index (χ1) is 12.0. The number of rotatable bonds is 6. The van der Waals surface area contributed by atoms with E-state index in [4.69, 9.17) is 0 Å². The van der Waals surface area contributed by atoms with Gasteiger partial charge in [0, 0.05) is 23.0 Å². The van der Waals surface area contributed by atoms with Gasteiger partial charge in [-0.3, -0.25) is 4.79 Å². The summed E-state index contributed by atoms with van der Waals surface area (Å²) < 4.78 is 27.2. The third kappa shape index (κ3) is 5.07. The molecule has 134 valence electrons. The summed E-state index contributed by atoms with van der Waals surface area (Å²) in [6, 6.07) is 10.0. The maximum atomic E-state index is 12.3. The Labute approximate surface area is 156 Å². The summed E-state index contributed by atoms with van der Waals surface area (Å²) in [6.45, 7) is 0.266. The van der Waals surface area contributed by atoms with E-state index in [1.807, 2.05) is 29.3 Å². The second-order valence-corrected chi connectivity index (χ2v) is 9.81. The molecule has 0 spiro atoms. The number of hydrogen-bond acceptors (Lipinski definition) is 5. The first-order valence-electron chi connectivity index (χ1n) is 8.05. The molecule has 8 heteroatoms. The smallest absolute Gasteiger partial charge is 0.251 e. The fourth-order valence-corrected chi connectivity index (χ4v) is 5.41. The Hall–Kier alpha value is -1.35. The van der Waals surface area contributed by atoms with Crippen LogP contribution in [0, 0.1) is 0 Å². The molecular weight excluding hydrogens is 376 g/mol. The molecule has 2 heterocycles. The summed E-state index contributed by atoms with van der Waals surface area (Å²) in [5.74, 6) is 1.99. The van der Waals surface area contributed by atoms with Crippen LogP contribution in [0.1, 0.15) is 28.1 Å². The molecule has 1 aliphatic rings. The molecule has 2 aromatic rings. The van der Waals surface area contributed by atoms with E-state index in [9.17, 15) is 13.2 Å². The van der Waals surface area contributed by atoms with Gasteiger partial charge >= 0.3 is 0 Å². The number of hydrogen-bond donors (Lipinski definition) is 2. The van der Waals surface area contributed by atoms with Crippen LogP contribution >= 0.6 is 23.1 Å². The zero-order valence-electron chi connectivity index (χ0n) is 13.6. The van der Waals surface area contributed by atoms with Crippen LogP contribution in [0.15, 0.2) is 46.7 Å². The van der Waals surface area contributed by atoms with E-state index in [0.29, 0.717) is 5.56 Å². The highest BCUT2D eigenvalue weighted by Gasteiger charge is 2.18. The van der Waals surface area contributed by atoms with Crippen LogP contribution in [0.4, 0.5) is 0 Å². The average molecular weight is 397 g/mol. The second kappa shape index (κ2) is 8.35. The molecule has 1 aliphatic heterocycles. The van der Waals surface area contributed by atoms with Crippen LogP contribution in [-0.4, -0.2) is 31.9 Å². The molecule has 1 aromatic heterocycles. The fraction of sp³-hybridized carbons (Fsp3) is 0.353. The standard InChI is InChI=1S/C17H20N2O3S3/c20-17(19-14-7-10-23-11-8-14)13-3-5-16(6-4-13)25(21,22)18-12-15-2-1-9-24-15/h1-6,9,14,18H,7-8,10-12H2,(H,19,20). The van der Waals surface area contributed by atoms with Crippen molar-refractivity contribution in [2.75, 3.05) is 11.5 Å². The number of benzene rings is 1. The molecule has 5 nitrogen and oxygen atoms in total. The largest absolute Gasteiger partial charge is 0.349 e. The van der Waals surface area contributed by atoms with E-state index in [1.54, 1.807) is 12.1 Å². The van der Waals surface area contributed by atoms with Gasteiger partial charge in [-0.2, -0.15) is 11.8 Å². The van der Waals surface area contributed by atoms with Crippen LogP contribution in [0.2, 0.25) is 0 Å². The second-order valence-electron chi connectivity index (χ2n) is 5.79. The third-order valence-electron chi connectivity index (χ3n) is 4.00. The summed E-state index contributed by atoms with van der Waals surface area (Å²) in [5, 5.41) is 4.93. The van der Waals surface area contributed by atoms with Crippen molar-refractivity contribution in [3.8, 4) is 0 Å². The van der Waals surface area contributed by atoms with Crippen LogP contribution in [0.25, 0.3) is 0 Å². The molecule has 0 saturated carbocycles. The minimum Gasteiger partial charge on any atom is -0.349 e. The molecule has 1 fully saturated rings. The van der Waals surface area contributed by atoms with E-state index < -0.39 is 10.0 Å². The fourth-order valence-electron chi connectivity index (χ4n) is 2.56. The molecule has 0 bridgehead atoms. The molecule has 25 heavy (non-hydrogen) atoms. The zero-order valence-corrected chi connectivity index (χ0v) is 16.1. The third-order valence-corrected chi connectivity index (χ3v) is 7.34. The highest BCUT2D eigenvalue weighted by molar-refractivity contribution is 7.99. The molecule has 0 unspecified atom stereocenters. The molecule has 3 rings (SSSR count). The Bertz CT molecular complexity index is 796. The van der Waals surface area contributed by atoms with Gasteiger partial charge in [-0.15, -0.1) is 11.3 Å². The lowest BCUT2D eigenvalue weighted by atomic mass is 10.1. The van der Waals surface area contributed by atoms with E-state index >= 15 is 0 Å². The summed E-state index contributed by atoms with van der Waals surface area (Å²) in [6.07, 6.45) is 1.96. The number of carbonyl (C=O) groups excluding carboxylic acids is 1. The number of sulfonamides is 1. The predicted octanol–water partition coefficient (Wildman–Crippen LogP) is 2.85.